The van der Waals surface area contributed by atoms with E-state index in [1.807, 2.05) is 30.3 Å². The summed E-state index contributed by atoms with van der Waals surface area (Å²) in [6, 6.07) is 9.20. The summed E-state index contributed by atoms with van der Waals surface area (Å²) in [5.74, 6) is 2.96. The molecule has 0 spiro atoms. The summed E-state index contributed by atoms with van der Waals surface area (Å²) in [6.45, 7) is 0.225. The van der Waals surface area contributed by atoms with Crippen molar-refractivity contribution in [1.29, 1.82) is 0 Å². The number of nitrogens with one attached hydrogen (secondary N) is 2. The van der Waals surface area contributed by atoms with Gasteiger partial charge in [-0.2, -0.15) is 0 Å². The first kappa shape index (κ1) is 15.5. The molecular formula is C16H13BrN6O2. The van der Waals surface area contributed by atoms with Gasteiger partial charge in [-0.05, 0) is 40.2 Å². The van der Waals surface area contributed by atoms with Gasteiger partial charge in [0, 0.05) is 22.4 Å². The van der Waals surface area contributed by atoms with Crippen LogP contribution in [0.4, 0.5) is 28.8 Å². The van der Waals surface area contributed by atoms with Gasteiger partial charge in [0.1, 0.15) is 17.8 Å². The highest BCUT2D eigenvalue weighted by Gasteiger charge is 2.15. The molecule has 0 amide bonds. The Balaban J connectivity index is 1.57. The van der Waals surface area contributed by atoms with Crippen LogP contribution in [0.2, 0.25) is 0 Å². The molecule has 0 radical (unpaired) electrons. The topological polar surface area (TPSA) is 107 Å². The van der Waals surface area contributed by atoms with Crippen LogP contribution in [0, 0.1) is 0 Å². The van der Waals surface area contributed by atoms with Crippen LogP contribution in [-0.2, 0) is 0 Å². The van der Waals surface area contributed by atoms with E-state index in [4.69, 9.17) is 15.2 Å². The monoisotopic (exact) mass is 400 g/mol. The fraction of sp³-hybridized carbons (Fsp3) is 0.0625. The maximum atomic E-state index is 6.18. The van der Waals surface area contributed by atoms with Crippen molar-refractivity contribution >= 4 is 44.8 Å². The van der Waals surface area contributed by atoms with Crippen LogP contribution < -0.4 is 25.8 Å². The molecule has 3 heterocycles. The van der Waals surface area contributed by atoms with Gasteiger partial charge < -0.3 is 25.8 Å². The van der Waals surface area contributed by atoms with E-state index in [0.717, 1.165) is 10.2 Å². The summed E-state index contributed by atoms with van der Waals surface area (Å²) in [6.07, 6.45) is 3.11. The smallest absolute Gasteiger partial charge is 0.231 e. The van der Waals surface area contributed by atoms with E-state index in [-0.39, 0.29) is 6.79 Å². The van der Waals surface area contributed by atoms with E-state index in [2.05, 4.69) is 41.5 Å². The lowest BCUT2D eigenvalue weighted by Crippen LogP contribution is -2.05. The van der Waals surface area contributed by atoms with E-state index in [1.165, 1.54) is 6.33 Å². The van der Waals surface area contributed by atoms with Crippen molar-refractivity contribution in [3.8, 4) is 11.5 Å². The van der Waals surface area contributed by atoms with Crippen LogP contribution in [0.1, 0.15) is 0 Å². The second-order valence-electron chi connectivity index (χ2n) is 5.16. The number of aromatic nitrogens is 3. The number of ether oxygens (including phenoxy) is 2. The lowest BCUT2D eigenvalue weighted by molar-refractivity contribution is 0.174. The Labute approximate surface area is 151 Å². The van der Waals surface area contributed by atoms with E-state index in [9.17, 15) is 0 Å². The van der Waals surface area contributed by atoms with Gasteiger partial charge in [0.25, 0.3) is 0 Å². The molecule has 25 heavy (non-hydrogen) atoms. The highest BCUT2D eigenvalue weighted by Crippen LogP contribution is 2.36. The van der Waals surface area contributed by atoms with Crippen molar-refractivity contribution in [3.05, 3.63) is 47.3 Å². The van der Waals surface area contributed by atoms with Crippen LogP contribution in [0.3, 0.4) is 0 Å². The number of fused-ring (bicyclic) bond motifs is 1. The minimum absolute atomic E-state index is 0.225. The van der Waals surface area contributed by atoms with E-state index < -0.39 is 0 Å². The Kier molecular flexibility index (Phi) is 3.98. The third kappa shape index (κ3) is 3.26. The lowest BCUT2D eigenvalue weighted by atomic mass is 10.2. The maximum Gasteiger partial charge on any atom is 0.231 e. The molecule has 0 saturated carbocycles. The number of nitrogens with zero attached hydrogens (tertiary/aromatic N) is 3. The number of pyridine rings is 1. The molecule has 1 aliphatic rings. The van der Waals surface area contributed by atoms with Crippen LogP contribution in [-0.4, -0.2) is 21.7 Å². The summed E-state index contributed by atoms with van der Waals surface area (Å²) < 4.78 is 11.6. The molecular weight excluding hydrogens is 388 g/mol. The molecule has 4 rings (SSSR count). The number of halogens is 1. The van der Waals surface area contributed by atoms with Gasteiger partial charge in [0.05, 0.1) is 0 Å². The second-order valence-corrected chi connectivity index (χ2v) is 6.08. The van der Waals surface area contributed by atoms with Gasteiger partial charge >= 0.3 is 0 Å². The number of anilines is 5. The predicted octanol–water partition coefficient (Wildman–Crippen LogP) is 3.43. The van der Waals surface area contributed by atoms with Crippen molar-refractivity contribution < 1.29 is 9.47 Å². The molecule has 1 aliphatic heterocycles. The minimum atomic E-state index is 0.225. The van der Waals surface area contributed by atoms with Crippen molar-refractivity contribution in [3.63, 3.8) is 0 Å². The fourth-order valence-corrected chi connectivity index (χ4v) is 2.51. The first-order valence-corrected chi connectivity index (χ1v) is 8.14. The van der Waals surface area contributed by atoms with Crippen LogP contribution in [0.15, 0.2) is 47.3 Å². The van der Waals surface area contributed by atoms with Crippen LogP contribution in [0.25, 0.3) is 0 Å². The van der Waals surface area contributed by atoms with Gasteiger partial charge in [-0.15, -0.1) is 0 Å². The molecule has 0 bridgehead atoms. The summed E-state index contributed by atoms with van der Waals surface area (Å²) in [7, 11) is 0. The quantitative estimate of drug-likeness (QED) is 0.611. The zero-order valence-corrected chi connectivity index (χ0v) is 14.4. The minimum Gasteiger partial charge on any atom is -0.454 e. The number of hydrogen-bond donors (Lipinski definition) is 3. The van der Waals surface area contributed by atoms with Crippen molar-refractivity contribution in [2.45, 2.75) is 0 Å². The molecule has 1 aromatic carbocycles. The molecule has 9 heteroatoms. The van der Waals surface area contributed by atoms with Crippen molar-refractivity contribution in [2.75, 3.05) is 23.2 Å². The molecule has 0 atom stereocenters. The van der Waals surface area contributed by atoms with Gasteiger partial charge in [-0.25, -0.2) is 15.0 Å². The third-order valence-corrected chi connectivity index (χ3v) is 3.96. The molecule has 0 aliphatic carbocycles. The first-order valence-electron chi connectivity index (χ1n) is 7.35. The average molecular weight is 401 g/mol. The van der Waals surface area contributed by atoms with Crippen LogP contribution >= 0.6 is 15.9 Å². The van der Waals surface area contributed by atoms with Crippen molar-refractivity contribution in [2.24, 2.45) is 0 Å². The van der Waals surface area contributed by atoms with Crippen molar-refractivity contribution in [1.82, 2.24) is 15.0 Å². The van der Waals surface area contributed by atoms with Gasteiger partial charge in [0.15, 0.2) is 23.1 Å². The second kappa shape index (κ2) is 6.44. The Hall–Kier alpha value is -3.07. The molecule has 4 N–H and O–H groups in total. The summed E-state index contributed by atoms with van der Waals surface area (Å²) in [5, 5.41) is 6.23. The number of rotatable bonds is 4. The Morgan fingerprint density at radius 1 is 0.960 bits per heavy atom. The summed E-state index contributed by atoms with van der Waals surface area (Å²) >= 11 is 3.35. The third-order valence-electron chi connectivity index (χ3n) is 3.49. The normalized spacial score (nSPS) is 12.0. The average Bonchev–Trinajstić information content (AvgIpc) is 3.08. The molecule has 2 aromatic heterocycles. The molecule has 3 aromatic rings. The van der Waals surface area contributed by atoms with E-state index >= 15 is 0 Å². The Bertz CT molecular complexity index is 919. The van der Waals surface area contributed by atoms with Crippen LogP contribution in [0.5, 0.6) is 11.5 Å². The Morgan fingerprint density at radius 3 is 2.56 bits per heavy atom. The zero-order chi connectivity index (χ0) is 17.2. The van der Waals surface area contributed by atoms with Gasteiger partial charge in [-0.3, -0.25) is 0 Å². The van der Waals surface area contributed by atoms with E-state index in [0.29, 0.717) is 34.6 Å². The fourth-order valence-electron chi connectivity index (χ4n) is 2.28. The molecule has 0 unspecified atom stereocenters. The largest absolute Gasteiger partial charge is 0.454 e. The molecule has 0 fully saturated rings. The highest BCUT2D eigenvalue weighted by atomic mass is 79.9. The summed E-state index contributed by atoms with van der Waals surface area (Å²) in [4.78, 5) is 12.6. The number of benzene rings is 1. The maximum absolute atomic E-state index is 6.18. The number of nitrogen functional groups attached to an aromatic ring is 1. The number of hydrogen-bond acceptors (Lipinski definition) is 8. The lowest BCUT2D eigenvalue weighted by Gasteiger charge is -2.12. The first-order chi connectivity index (χ1) is 12.2. The standard InChI is InChI=1S/C16H13BrN6O2/c17-9-1-4-13(19-6-9)23-16-14(18)15(20-7-21-16)22-10-2-3-11-12(5-10)25-8-24-11/h1-7H,8,18H2,(H2,19,20,21,22,23). The Morgan fingerprint density at radius 2 is 1.76 bits per heavy atom. The highest BCUT2D eigenvalue weighted by molar-refractivity contribution is 9.10. The zero-order valence-electron chi connectivity index (χ0n) is 12.9. The summed E-state index contributed by atoms with van der Waals surface area (Å²) in [5.41, 5.74) is 7.34. The van der Waals surface area contributed by atoms with Gasteiger partial charge in [0.2, 0.25) is 6.79 Å². The molecule has 0 saturated heterocycles. The molecule has 126 valence electrons. The predicted molar refractivity (Wildman–Crippen MR) is 97.5 cm³/mol. The van der Waals surface area contributed by atoms with E-state index in [1.54, 1.807) is 6.20 Å². The SMILES string of the molecule is Nc1c(Nc2ccc3c(c2)OCO3)ncnc1Nc1ccc(Br)cn1. The molecule has 8 nitrogen and oxygen atoms in total. The van der Waals surface area contributed by atoms with Gasteiger partial charge in [-0.1, -0.05) is 0 Å². The number of nitrogens with two attached hydrogens (primary N) is 1.